The maximum atomic E-state index is 13.2. The van der Waals surface area contributed by atoms with Crippen molar-refractivity contribution in [3.8, 4) is 0 Å². The Morgan fingerprint density at radius 1 is 1.44 bits per heavy atom. The van der Waals surface area contributed by atoms with Crippen molar-refractivity contribution >= 4 is 17.7 Å². The van der Waals surface area contributed by atoms with E-state index in [1.54, 1.807) is 0 Å². The van der Waals surface area contributed by atoms with E-state index in [0.29, 0.717) is 12.5 Å². The van der Waals surface area contributed by atoms with Crippen LogP contribution in [0.4, 0.5) is 8.78 Å². The molecule has 0 aliphatic heterocycles. The molecule has 0 radical (unpaired) electrons. The lowest BCUT2D eigenvalue weighted by Crippen LogP contribution is -2.27. The minimum Gasteiger partial charge on any atom is -0.273 e. The van der Waals surface area contributed by atoms with Gasteiger partial charge in [0.1, 0.15) is 11.6 Å². The van der Waals surface area contributed by atoms with Crippen molar-refractivity contribution in [1.82, 2.24) is 5.48 Å². The van der Waals surface area contributed by atoms with Gasteiger partial charge in [0.15, 0.2) is 0 Å². The van der Waals surface area contributed by atoms with Gasteiger partial charge in [-0.15, -0.1) is 11.8 Å². The number of hydrogen-bond donors (Lipinski definition) is 1. The lowest BCUT2D eigenvalue weighted by Gasteiger charge is -2.07. The summed E-state index contributed by atoms with van der Waals surface area (Å²) in [5, 5.41) is 0. The van der Waals surface area contributed by atoms with Gasteiger partial charge in [0, 0.05) is 11.0 Å². The van der Waals surface area contributed by atoms with Crippen LogP contribution in [0, 0.1) is 17.6 Å². The molecule has 1 N–H and O–H groups in total. The summed E-state index contributed by atoms with van der Waals surface area (Å²) in [6.07, 6.45) is 0. The van der Waals surface area contributed by atoms with Gasteiger partial charge in [-0.05, 0) is 18.1 Å². The highest BCUT2D eigenvalue weighted by molar-refractivity contribution is 8.00. The summed E-state index contributed by atoms with van der Waals surface area (Å²) in [5.74, 6) is -1.34. The number of carbonyl (C=O) groups is 1. The lowest BCUT2D eigenvalue weighted by molar-refractivity contribution is -0.131. The molecule has 0 aliphatic carbocycles. The van der Waals surface area contributed by atoms with Crippen LogP contribution in [0.15, 0.2) is 23.1 Å². The largest absolute Gasteiger partial charge is 0.273 e. The molecule has 0 saturated carbocycles. The average Bonchev–Trinajstić information content (AvgIpc) is 2.27. The number of halogens is 2. The second-order valence-electron chi connectivity index (χ2n) is 4.09. The van der Waals surface area contributed by atoms with Crippen LogP contribution in [-0.4, -0.2) is 18.3 Å². The molecule has 0 heterocycles. The Morgan fingerprint density at radius 3 is 2.78 bits per heavy atom. The molecule has 0 unspecified atom stereocenters. The van der Waals surface area contributed by atoms with Crippen LogP contribution < -0.4 is 5.48 Å². The van der Waals surface area contributed by atoms with Crippen LogP contribution in [0.5, 0.6) is 0 Å². The Balaban J connectivity index is 2.33. The molecule has 0 spiro atoms. The molecule has 0 bridgehead atoms. The zero-order valence-electron chi connectivity index (χ0n) is 10.2. The molecule has 6 heteroatoms. The molecule has 3 nitrogen and oxygen atoms in total. The van der Waals surface area contributed by atoms with Crippen LogP contribution in [-0.2, 0) is 9.63 Å². The standard InChI is InChI=1S/C12H15F2NO2S/c1-8(2)6-17-15-12(16)7-18-11-4-3-9(13)5-10(11)14/h3-5,8H,6-7H2,1-2H3,(H,15,16). The Morgan fingerprint density at radius 2 is 2.17 bits per heavy atom. The Bertz CT molecular complexity index is 413. The van der Waals surface area contributed by atoms with E-state index in [1.165, 1.54) is 6.07 Å². The van der Waals surface area contributed by atoms with Gasteiger partial charge in [0.05, 0.1) is 12.4 Å². The number of thioether (sulfide) groups is 1. The molecule has 0 atom stereocenters. The second kappa shape index (κ2) is 7.33. The lowest BCUT2D eigenvalue weighted by atomic mass is 10.2. The van der Waals surface area contributed by atoms with E-state index in [2.05, 4.69) is 5.48 Å². The van der Waals surface area contributed by atoms with Crippen molar-refractivity contribution in [2.24, 2.45) is 5.92 Å². The van der Waals surface area contributed by atoms with E-state index >= 15 is 0 Å². The van der Waals surface area contributed by atoms with Gasteiger partial charge in [-0.25, -0.2) is 14.3 Å². The van der Waals surface area contributed by atoms with E-state index in [1.807, 2.05) is 13.8 Å². The maximum Gasteiger partial charge on any atom is 0.253 e. The van der Waals surface area contributed by atoms with Crippen LogP contribution in [0.2, 0.25) is 0 Å². The summed E-state index contributed by atoms with van der Waals surface area (Å²) >= 11 is 0.989. The number of hydrogen-bond acceptors (Lipinski definition) is 3. The molecule has 0 saturated heterocycles. The van der Waals surface area contributed by atoms with Crippen molar-refractivity contribution in [3.63, 3.8) is 0 Å². The van der Waals surface area contributed by atoms with Crippen molar-refractivity contribution in [1.29, 1.82) is 0 Å². The summed E-state index contributed by atoms with van der Waals surface area (Å²) in [6, 6.07) is 3.24. The molecule has 1 aromatic carbocycles. The number of amides is 1. The first-order valence-electron chi connectivity index (χ1n) is 5.47. The predicted octanol–water partition coefficient (Wildman–Crippen LogP) is 2.76. The van der Waals surface area contributed by atoms with Crippen LogP contribution in [0.1, 0.15) is 13.8 Å². The fourth-order valence-corrected chi connectivity index (χ4v) is 1.76. The molecule has 1 aromatic rings. The summed E-state index contributed by atoms with van der Waals surface area (Å²) in [6.45, 7) is 4.32. The van der Waals surface area contributed by atoms with Gasteiger partial charge in [-0.3, -0.25) is 9.63 Å². The zero-order valence-corrected chi connectivity index (χ0v) is 11.0. The SMILES string of the molecule is CC(C)CONC(=O)CSc1ccc(F)cc1F. The third kappa shape index (κ3) is 5.46. The van der Waals surface area contributed by atoms with Crippen LogP contribution >= 0.6 is 11.8 Å². The van der Waals surface area contributed by atoms with Crippen molar-refractivity contribution in [3.05, 3.63) is 29.8 Å². The number of hydroxylamine groups is 1. The fraction of sp³-hybridized carbons (Fsp3) is 0.417. The van der Waals surface area contributed by atoms with Gasteiger partial charge >= 0.3 is 0 Å². The van der Waals surface area contributed by atoms with E-state index < -0.39 is 11.6 Å². The number of carbonyl (C=O) groups excluding carboxylic acids is 1. The summed E-state index contributed by atoms with van der Waals surface area (Å²) < 4.78 is 25.9. The molecular weight excluding hydrogens is 260 g/mol. The third-order valence-corrected chi connectivity index (χ3v) is 2.90. The molecular formula is C12H15F2NO2S. The summed E-state index contributed by atoms with van der Waals surface area (Å²) in [4.78, 5) is 16.5. The summed E-state index contributed by atoms with van der Waals surface area (Å²) in [5.41, 5.74) is 2.26. The van der Waals surface area contributed by atoms with Gasteiger partial charge in [0.25, 0.3) is 5.91 Å². The fourth-order valence-electron chi connectivity index (χ4n) is 1.05. The highest BCUT2D eigenvalue weighted by atomic mass is 32.2. The molecule has 1 rings (SSSR count). The monoisotopic (exact) mass is 275 g/mol. The highest BCUT2D eigenvalue weighted by Gasteiger charge is 2.08. The minimum atomic E-state index is -0.670. The first kappa shape index (κ1) is 14.9. The van der Waals surface area contributed by atoms with Gasteiger partial charge in [-0.2, -0.15) is 0 Å². The van der Waals surface area contributed by atoms with E-state index in [4.69, 9.17) is 4.84 Å². The van der Waals surface area contributed by atoms with Crippen molar-refractivity contribution in [2.75, 3.05) is 12.4 Å². The average molecular weight is 275 g/mol. The van der Waals surface area contributed by atoms with Gasteiger partial charge in [-0.1, -0.05) is 13.8 Å². The first-order chi connectivity index (χ1) is 8.49. The Kier molecular flexibility index (Phi) is 6.07. The summed E-state index contributed by atoms with van der Waals surface area (Å²) in [7, 11) is 0. The van der Waals surface area contributed by atoms with E-state index in [-0.39, 0.29) is 16.6 Å². The van der Waals surface area contributed by atoms with Crippen molar-refractivity contribution in [2.45, 2.75) is 18.7 Å². The molecule has 0 aliphatic rings. The first-order valence-corrected chi connectivity index (χ1v) is 6.46. The van der Waals surface area contributed by atoms with Gasteiger partial charge in [0.2, 0.25) is 0 Å². The van der Waals surface area contributed by atoms with Crippen LogP contribution in [0.3, 0.4) is 0 Å². The van der Waals surface area contributed by atoms with Gasteiger partial charge < -0.3 is 0 Å². The Labute approximate surface area is 109 Å². The molecule has 100 valence electrons. The third-order valence-electron chi connectivity index (χ3n) is 1.86. The molecule has 1 amide bonds. The maximum absolute atomic E-state index is 13.2. The van der Waals surface area contributed by atoms with Crippen molar-refractivity contribution < 1.29 is 18.4 Å². The normalized spacial score (nSPS) is 10.7. The quantitative estimate of drug-likeness (QED) is 0.641. The predicted molar refractivity (Wildman–Crippen MR) is 66.0 cm³/mol. The molecule has 18 heavy (non-hydrogen) atoms. The highest BCUT2D eigenvalue weighted by Crippen LogP contribution is 2.21. The molecule has 0 fully saturated rings. The minimum absolute atomic E-state index is 0.0145. The van der Waals surface area contributed by atoms with E-state index in [0.717, 1.165) is 23.9 Å². The number of benzene rings is 1. The topological polar surface area (TPSA) is 38.3 Å². The Hall–Kier alpha value is -1.14. The number of nitrogens with one attached hydrogen (secondary N) is 1. The smallest absolute Gasteiger partial charge is 0.253 e. The second-order valence-corrected chi connectivity index (χ2v) is 5.11. The number of rotatable bonds is 6. The molecule has 0 aromatic heterocycles. The zero-order chi connectivity index (χ0) is 13.5. The van der Waals surface area contributed by atoms with Crippen LogP contribution in [0.25, 0.3) is 0 Å². The van der Waals surface area contributed by atoms with E-state index in [9.17, 15) is 13.6 Å².